The first kappa shape index (κ1) is 13.7. The van der Waals surface area contributed by atoms with Crippen molar-refractivity contribution in [3.05, 3.63) is 0 Å². The average molecular weight is 257 g/mol. The van der Waals surface area contributed by atoms with Crippen LogP contribution in [0.2, 0.25) is 0 Å². The second-order valence-corrected chi connectivity index (χ2v) is 7.60. The molecule has 0 saturated heterocycles. The van der Waals surface area contributed by atoms with Crippen LogP contribution in [0.25, 0.3) is 0 Å². The molecule has 0 radical (unpaired) electrons. The highest BCUT2D eigenvalue weighted by molar-refractivity contribution is 7.93. The summed E-state index contributed by atoms with van der Waals surface area (Å²) in [4.78, 5) is 0. The number of nitrogens with two attached hydrogens (primary N) is 2. The second kappa shape index (κ2) is 6.44. The van der Waals surface area contributed by atoms with Gasteiger partial charge in [0.25, 0.3) is 0 Å². The highest BCUT2D eigenvalue weighted by Gasteiger charge is 2.50. The smallest absolute Gasteiger partial charge is 0.132 e. The Bertz CT molecular complexity index is 214. The molecule has 100 valence electrons. The Morgan fingerprint density at radius 2 is 1.18 bits per heavy atom. The molecule has 0 aromatic heterocycles. The van der Waals surface area contributed by atoms with Gasteiger partial charge in [-0.3, -0.25) is 0 Å². The van der Waals surface area contributed by atoms with Crippen LogP contribution >= 0.6 is 0 Å². The molecule has 2 aliphatic carbocycles. The number of hydrogen-bond acceptors (Lipinski definition) is 2. The lowest BCUT2D eigenvalue weighted by atomic mass is 9.80. The van der Waals surface area contributed by atoms with Crippen LogP contribution in [-0.2, 0) is 11.3 Å². The van der Waals surface area contributed by atoms with Gasteiger partial charge in [-0.2, -0.15) is 0 Å². The minimum absolute atomic E-state index is 0.306. The molecule has 0 amide bonds. The van der Waals surface area contributed by atoms with Crippen molar-refractivity contribution in [3.63, 3.8) is 0 Å². The van der Waals surface area contributed by atoms with E-state index in [1.165, 1.54) is 77.0 Å². The summed E-state index contributed by atoms with van der Waals surface area (Å²) < 4.78 is 0.306. The molecule has 0 unspecified atom stereocenters. The van der Waals surface area contributed by atoms with E-state index >= 15 is 0 Å². The van der Waals surface area contributed by atoms with Crippen molar-refractivity contribution in [2.75, 3.05) is 0 Å². The number of hydrogen-bond donors (Lipinski definition) is 2. The highest BCUT2D eigenvalue weighted by Crippen LogP contribution is 2.43. The monoisotopic (exact) mass is 257 g/mol. The van der Waals surface area contributed by atoms with Gasteiger partial charge in [0.2, 0.25) is 0 Å². The summed E-state index contributed by atoms with van der Waals surface area (Å²) >= 11 is -0.377. The van der Waals surface area contributed by atoms with E-state index in [1.807, 2.05) is 0 Å². The third kappa shape index (κ3) is 3.18. The van der Waals surface area contributed by atoms with Gasteiger partial charge in [0.1, 0.15) is 0 Å². The van der Waals surface area contributed by atoms with Crippen LogP contribution in [0.4, 0.5) is 0 Å². The van der Waals surface area contributed by atoms with E-state index in [0.717, 1.165) is 5.92 Å². The van der Waals surface area contributed by atoms with Crippen LogP contribution in [-0.4, -0.2) is 4.75 Å². The van der Waals surface area contributed by atoms with Crippen molar-refractivity contribution in [3.8, 4) is 0 Å². The zero-order valence-electron chi connectivity index (χ0n) is 11.1. The molecular formula is C14H29N2S+. The van der Waals surface area contributed by atoms with E-state index in [4.69, 9.17) is 10.3 Å². The first-order chi connectivity index (χ1) is 8.26. The molecular weight excluding hydrogens is 228 g/mol. The Hall–Kier alpha value is 0.270. The first-order valence-corrected chi connectivity index (χ1v) is 8.84. The summed E-state index contributed by atoms with van der Waals surface area (Å²) in [5.41, 5.74) is 0. The van der Waals surface area contributed by atoms with Crippen molar-refractivity contribution in [2.24, 2.45) is 16.2 Å². The van der Waals surface area contributed by atoms with E-state index < -0.39 is 0 Å². The van der Waals surface area contributed by atoms with Crippen molar-refractivity contribution < 1.29 is 0 Å². The first-order valence-electron chi connectivity index (χ1n) is 7.49. The van der Waals surface area contributed by atoms with E-state index in [-0.39, 0.29) is 11.3 Å². The van der Waals surface area contributed by atoms with Crippen LogP contribution in [0.5, 0.6) is 0 Å². The Morgan fingerprint density at radius 1 is 0.706 bits per heavy atom. The molecule has 0 spiro atoms. The van der Waals surface area contributed by atoms with E-state index in [9.17, 15) is 0 Å². The fraction of sp³-hybridized carbons (Fsp3) is 1.00. The SMILES string of the molecule is N[S+](N)C1(C2CCCCCC2)CCCCCC1. The van der Waals surface area contributed by atoms with Gasteiger partial charge in [0.15, 0.2) is 16.0 Å². The number of rotatable bonds is 2. The lowest BCUT2D eigenvalue weighted by Gasteiger charge is -2.34. The minimum atomic E-state index is -0.377. The predicted octanol–water partition coefficient (Wildman–Crippen LogP) is 3.42. The molecule has 17 heavy (non-hydrogen) atoms. The van der Waals surface area contributed by atoms with Crippen molar-refractivity contribution in [1.82, 2.24) is 0 Å². The molecule has 4 N–H and O–H groups in total. The quantitative estimate of drug-likeness (QED) is 0.588. The molecule has 0 aromatic carbocycles. The molecule has 2 rings (SSSR count). The molecule has 0 bridgehead atoms. The molecule has 2 nitrogen and oxygen atoms in total. The Morgan fingerprint density at radius 3 is 1.65 bits per heavy atom. The normalized spacial score (nSPS) is 27.7. The average Bonchev–Trinajstić information content (AvgIpc) is 2.72. The van der Waals surface area contributed by atoms with Crippen LogP contribution in [0.1, 0.15) is 77.0 Å². The van der Waals surface area contributed by atoms with E-state index in [1.54, 1.807) is 0 Å². The zero-order chi connectivity index (χ0) is 12.1. The van der Waals surface area contributed by atoms with Gasteiger partial charge >= 0.3 is 0 Å². The lowest BCUT2D eigenvalue weighted by molar-refractivity contribution is 0.303. The molecule has 0 heterocycles. The summed E-state index contributed by atoms with van der Waals surface area (Å²) in [5, 5.41) is 12.5. The summed E-state index contributed by atoms with van der Waals surface area (Å²) in [6.07, 6.45) is 16.5. The van der Waals surface area contributed by atoms with Gasteiger partial charge in [-0.15, -0.1) is 10.3 Å². The van der Waals surface area contributed by atoms with Crippen molar-refractivity contribution in [1.29, 1.82) is 0 Å². The third-order valence-corrected chi connectivity index (χ3v) is 6.70. The second-order valence-electron chi connectivity index (χ2n) is 6.04. The standard InChI is InChI=1S/C14H28N2S/c15-17(16)14(11-7-3-4-8-12-14)13-9-5-1-2-6-10-13/h13H,1-12H2,(H3,15,16)/p+1. The fourth-order valence-corrected chi connectivity index (χ4v) is 5.35. The summed E-state index contributed by atoms with van der Waals surface area (Å²) in [5.74, 6) is 0.821. The molecule has 0 aliphatic heterocycles. The molecule has 0 aromatic rings. The largest absolute Gasteiger partial charge is 0.170 e. The molecule has 3 heteroatoms. The van der Waals surface area contributed by atoms with Gasteiger partial charge in [-0.25, -0.2) is 0 Å². The topological polar surface area (TPSA) is 52.0 Å². The summed E-state index contributed by atoms with van der Waals surface area (Å²) in [6, 6.07) is 0. The maximum absolute atomic E-state index is 6.26. The van der Waals surface area contributed by atoms with E-state index in [0.29, 0.717) is 4.75 Å². The third-order valence-electron chi connectivity index (χ3n) is 5.02. The summed E-state index contributed by atoms with van der Waals surface area (Å²) in [7, 11) is 0. The zero-order valence-corrected chi connectivity index (χ0v) is 11.9. The van der Waals surface area contributed by atoms with Crippen LogP contribution < -0.4 is 10.3 Å². The minimum Gasteiger partial charge on any atom is -0.132 e. The van der Waals surface area contributed by atoms with Gasteiger partial charge in [-0.05, 0) is 25.7 Å². The molecule has 0 atom stereocenters. The van der Waals surface area contributed by atoms with Gasteiger partial charge in [0.05, 0.1) is 0 Å². The van der Waals surface area contributed by atoms with Gasteiger partial charge < -0.3 is 0 Å². The highest BCUT2D eigenvalue weighted by atomic mass is 32.2. The molecule has 2 fully saturated rings. The predicted molar refractivity (Wildman–Crippen MR) is 77.4 cm³/mol. The maximum Gasteiger partial charge on any atom is 0.170 e. The van der Waals surface area contributed by atoms with Gasteiger partial charge in [-0.1, -0.05) is 38.5 Å². The Labute approximate surface area is 110 Å². The van der Waals surface area contributed by atoms with Crippen LogP contribution in [0.15, 0.2) is 0 Å². The molecule has 2 saturated carbocycles. The van der Waals surface area contributed by atoms with Crippen LogP contribution in [0, 0.1) is 5.92 Å². The van der Waals surface area contributed by atoms with E-state index in [2.05, 4.69) is 0 Å². The lowest BCUT2D eigenvalue weighted by Crippen LogP contribution is -2.53. The van der Waals surface area contributed by atoms with Crippen molar-refractivity contribution in [2.45, 2.75) is 81.8 Å². The van der Waals surface area contributed by atoms with Gasteiger partial charge in [0, 0.05) is 18.8 Å². The fourth-order valence-electron chi connectivity index (χ4n) is 3.97. The molecule has 2 aliphatic rings. The maximum atomic E-state index is 6.26. The Balaban J connectivity index is 2.12. The van der Waals surface area contributed by atoms with Crippen molar-refractivity contribution >= 4 is 11.3 Å². The summed E-state index contributed by atoms with van der Waals surface area (Å²) in [6.45, 7) is 0. The Kier molecular flexibility index (Phi) is 5.19. The van der Waals surface area contributed by atoms with Crippen LogP contribution in [0.3, 0.4) is 0 Å².